The van der Waals surface area contributed by atoms with Gasteiger partial charge in [0.25, 0.3) is 0 Å². The molecule has 1 atom stereocenters. The van der Waals surface area contributed by atoms with E-state index < -0.39 is 0 Å². The second kappa shape index (κ2) is 6.88. The van der Waals surface area contributed by atoms with E-state index in [0.717, 1.165) is 12.0 Å². The zero-order chi connectivity index (χ0) is 11.8. The topological polar surface area (TPSA) is 69.0 Å². The molecule has 4 nitrogen and oxygen atoms in total. The highest BCUT2D eigenvalue weighted by molar-refractivity contribution is 5.25. The van der Waals surface area contributed by atoms with E-state index in [-0.39, 0.29) is 12.6 Å². The average molecular weight is 219 g/mol. The smallest absolute Gasteiger partial charge is 0.0626 e. The normalized spacial score (nSPS) is 11.9. The van der Waals surface area contributed by atoms with Gasteiger partial charge < -0.3 is 5.11 Å². The molecule has 0 radical (unpaired) electrons. The van der Waals surface area contributed by atoms with Gasteiger partial charge in [-0.05, 0) is 35.9 Å². The molecule has 16 heavy (non-hydrogen) atoms. The van der Waals surface area contributed by atoms with E-state index in [1.54, 1.807) is 0 Å². The van der Waals surface area contributed by atoms with Crippen LogP contribution in [0.3, 0.4) is 0 Å². The third-order valence-corrected chi connectivity index (χ3v) is 2.60. The van der Waals surface area contributed by atoms with Gasteiger partial charge in [0.2, 0.25) is 0 Å². The zero-order valence-corrected chi connectivity index (χ0v) is 9.50. The van der Waals surface area contributed by atoms with E-state index in [2.05, 4.69) is 16.9 Å². The molecule has 0 heterocycles. The van der Waals surface area contributed by atoms with Crippen molar-refractivity contribution >= 4 is 0 Å². The van der Waals surface area contributed by atoms with E-state index in [4.69, 9.17) is 10.6 Å². The number of aryl methyl sites for hydroxylation is 1. The summed E-state index contributed by atoms with van der Waals surface area (Å²) in [6.45, 7) is 2.23. The first-order valence-corrected chi connectivity index (χ1v) is 5.55. The van der Waals surface area contributed by atoms with Crippen LogP contribution >= 0.6 is 0 Å². The lowest BCUT2D eigenvalue weighted by Crippen LogP contribution is -1.97. The predicted octanol–water partition coefficient (Wildman–Crippen LogP) is 3.37. The average Bonchev–Trinajstić information content (AvgIpc) is 2.35. The minimum atomic E-state index is -0.164. The van der Waals surface area contributed by atoms with Gasteiger partial charge in [0, 0.05) is 11.5 Å². The van der Waals surface area contributed by atoms with Crippen LogP contribution in [-0.4, -0.2) is 11.7 Å². The Morgan fingerprint density at radius 1 is 1.38 bits per heavy atom. The summed E-state index contributed by atoms with van der Waals surface area (Å²) in [6.07, 6.45) is 2.34. The fourth-order valence-corrected chi connectivity index (χ4v) is 1.61. The van der Waals surface area contributed by atoms with Crippen molar-refractivity contribution in [2.75, 3.05) is 6.61 Å². The Labute approximate surface area is 95.5 Å². The molecule has 0 aliphatic heterocycles. The fraction of sp³-hybridized carbons (Fsp3) is 0.500. The van der Waals surface area contributed by atoms with Gasteiger partial charge in [-0.25, -0.2) is 0 Å². The Hall–Kier alpha value is -1.51. The van der Waals surface area contributed by atoms with Crippen molar-refractivity contribution in [1.29, 1.82) is 0 Å². The van der Waals surface area contributed by atoms with E-state index in [9.17, 15) is 0 Å². The van der Waals surface area contributed by atoms with Crippen LogP contribution in [-0.2, 0) is 6.42 Å². The van der Waals surface area contributed by atoms with Gasteiger partial charge in [0.1, 0.15) is 0 Å². The summed E-state index contributed by atoms with van der Waals surface area (Å²) in [5.74, 6) is 0. The summed E-state index contributed by atoms with van der Waals surface area (Å²) in [5, 5.41) is 12.5. The molecule has 86 valence electrons. The molecule has 0 amide bonds. The summed E-state index contributed by atoms with van der Waals surface area (Å²) in [5.41, 5.74) is 10.8. The van der Waals surface area contributed by atoms with E-state index in [1.807, 2.05) is 24.3 Å². The van der Waals surface area contributed by atoms with E-state index >= 15 is 0 Å². The van der Waals surface area contributed by atoms with Crippen molar-refractivity contribution in [3.8, 4) is 0 Å². The lowest BCUT2D eigenvalue weighted by Gasteiger charge is -2.11. The first kappa shape index (κ1) is 12.6. The minimum absolute atomic E-state index is 0.129. The monoisotopic (exact) mass is 219 g/mol. The molecule has 0 saturated heterocycles. The predicted molar refractivity (Wildman–Crippen MR) is 64.0 cm³/mol. The molecule has 1 rings (SSSR count). The van der Waals surface area contributed by atoms with Gasteiger partial charge in [0.05, 0.1) is 6.04 Å². The summed E-state index contributed by atoms with van der Waals surface area (Å²) in [4.78, 5) is 2.85. The van der Waals surface area contributed by atoms with Gasteiger partial charge in [-0.3, -0.25) is 0 Å². The number of benzene rings is 1. The van der Waals surface area contributed by atoms with Crippen molar-refractivity contribution < 1.29 is 5.11 Å². The molecule has 0 bridgehead atoms. The number of aliphatic hydroxyl groups is 1. The van der Waals surface area contributed by atoms with Gasteiger partial charge in [-0.15, -0.1) is 0 Å². The molecular formula is C12H17N3O. The summed E-state index contributed by atoms with van der Waals surface area (Å²) >= 11 is 0. The number of aliphatic hydroxyl groups excluding tert-OH is 1. The molecule has 0 saturated carbocycles. The third kappa shape index (κ3) is 3.57. The Bertz CT molecular complexity index is 355. The number of nitrogens with zero attached hydrogens (tertiary/aromatic N) is 3. The minimum Gasteiger partial charge on any atom is -0.396 e. The van der Waals surface area contributed by atoms with Gasteiger partial charge in [-0.2, -0.15) is 0 Å². The van der Waals surface area contributed by atoms with Crippen molar-refractivity contribution in [3.63, 3.8) is 0 Å². The Morgan fingerprint density at radius 2 is 2.06 bits per heavy atom. The Balaban J connectivity index is 2.79. The Morgan fingerprint density at radius 3 is 2.56 bits per heavy atom. The van der Waals surface area contributed by atoms with Crippen molar-refractivity contribution in [2.45, 2.75) is 32.2 Å². The quantitative estimate of drug-likeness (QED) is 0.444. The lowest BCUT2D eigenvalue weighted by atomic mass is 10.0. The van der Waals surface area contributed by atoms with Crippen LogP contribution in [0.4, 0.5) is 0 Å². The molecule has 1 aromatic carbocycles. The number of hydrogen-bond acceptors (Lipinski definition) is 2. The molecule has 0 aromatic heterocycles. The summed E-state index contributed by atoms with van der Waals surface area (Å²) in [6, 6.07) is 7.93. The number of azide groups is 1. The Kier molecular flexibility index (Phi) is 5.40. The van der Waals surface area contributed by atoms with Crippen molar-refractivity contribution in [2.24, 2.45) is 5.11 Å². The third-order valence-electron chi connectivity index (χ3n) is 2.60. The maximum absolute atomic E-state index is 8.78. The second-order valence-electron chi connectivity index (χ2n) is 3.68. The van der Waals surface area contributed by atoms with Crippen LogP contribution in [0.15, 0.2) is 29.4 Å². The zero-order valence-electron chi connectivity index (χ0n) is 9.50. The molecule has 0 fully saturated rings. The van der Waals surface area contributed by atoms with Crippen molar-refractivity contribution in [3.05, 3.63) is 45.8 Å². The molecule has 0 spiro atoms. The SMILES string of the molecule is CCc1ccc(C(CCCO)N=[N+]=[N-])cc1. The van der Waals surface area contributed by atoms with Crippen molar-refractivity contribution in [1.82, 2.24) is 0 Å². The van der Waals surface area contributed by atoms with Crippen LogP contribution in [0.25, 0.3) is 10.4 Å². The molecule has 0 aliphatic rings. The van der Waals surface area contributed by atoms with Crippen LogP contribution in [0.2, 0.25) is 0 Å². The van der Waals surface area contributed by atoms with Crippen LogP contribution in [0, 0.1) is 0 Å². The molecule has 1 unspecified atom stereocenters. The first-order chi connectivity index (χ1) is 7.81. The first-order valence-electron chi connectivity index (χ1n) is 5.55. The van der Waals surface area contributed by atoms with E-state index in [0.29, 0.717) is 12.8 Å². The van der Waals surface area contributed by atoms with Crippen LogP contribution in [0.1, 0.15) is 36.9 Å². The second-order valence-corrected chi connectivity index (χ2v) is 3.68. The van der Waals surface area contributed by atoms with E-state index in [1.165, 1.54) is 5.56 Å². The molecular weight excluding hydrogens is 202 g/mol. The highest BCUT2D eigenvalue weighted by Gasteiger charge is 2.08. The molecule has 4 heteroatoms. The molecule has 1 aromatic rings. The summed E-state index contributed by atoms with van der Waals surface area (Å²) < 4.78 is 0. The van der Waals surface area contributed by atoms with Crippen LogP contribution in [0.5, 0.6) is 0 Å². The van der Waals surface area contributed by atoms with Gasteiger partial charge in [-0.1, -0.05) is 36.3 Å². The fourth-order valence-electron chi connectivity index (χ4n) is 1.61. The maximum Gasteiger partial charge on any atom is 0.0626 e. The van der Waals surface area contributed by atoms with Gasteiger partial charge in [0.15, 0.2) is 0 Å². The van der Waals surface area contributed by atoms with Crippen LogP contribution < -0.4 is 0 Å². The molecule has 1 N–H and O–H groups in total. The largest absolute Gasteiger partial charge is 0.396 e. The molecule has 0 aliphatic carbocycles. The highest BCUT2D eigenvalue weighted by atomic mass is 16.2. The lowest BCUT2D eigenvalue weighted by molar-refractivity contribution is 0.280. The maximum atomic E-state index is 8.78. The van der Waals surface area contributed by atoms with Gasteiger partial charge >= 0.3 is 0 Å². The number of hydrogen-bond donors (Lipinski definition) is 1. The highest BCUT2D eigenvalue weighted by Crippen LogP contribution is 2.23. The summed E-state index contributed by atoms with van der Waals surface area (Å²) in [7, 11) is 0. The standard InChI is InChI=1S/C12H17N3O/c1-2-10-5-7-11(8-6-10)12(14-15-13)4-3-9-16/h5-8,12,16H,2-4,9H2,1H3. The number of rotatable bonds is 6.